The van der Waals surface area contributed by atoms with Crippen LogP contribution in [0.1, 0.15) is 174 Å². The van der Waals surface area contributed by atoms with Crippen LogP contribution in [0.15, 0.2) is 0 Å². The van der Waals surface area contributed by atoms with E-state index in [-0.39, 0.29) is 0 Å². The van der Waals surface area contributed by atoms with Crippen molar-refractivity contribution in [2.45, 2.75) is 185 Å². The van der Waals surface area contributed by atoms with E-state index in [9.17, 15) is 0 Å². The number of hydrogen-bond donors (Lipinski definition) is 0. The van der Waals surface area contributed by atoms with Crippen LogP contribution in [0.25, 0.3) is 0 Å². The fourth-order valence-electron chi connectivity index (χ4n) is 6.18. The molecule has 2 heteroatoms. The number of hydrogen-bond acceptors (Lipinski definition) is 1. The van der Waals surface area contributed by atoms with Crippen LogP contribution in [0, 0.1) is 0 Å². The van der Waals surface area contributed by atoms with Crippen molar-refractivity contribution in [3.05, 3.63) is 0 Å². The van der Waals surface area contributed by atoms with Gasteiger partial charge in [-0.05, 0) is 88.8 Å². The van der Waals surface area contributed by atoms with Crippen LogP contribution >= 0.6 is 0 Å². The van der Waals surface area contributed by atoms with Crippen LogP contribution < -0.4 is 0 Å². The van der Waals surface area contributed by atoms with Crippen LogP contribution in [-0.4, -0.2) is 23.2 Å². The Morgan fingerprint density at radius 3 is 1.85 bits per heavy atom. The Kier molecular flexibility index (Phi) is 18.3. The molecule has 1 aliphatic heterocycles. The Balaban J connectivity index is 1.32. The first-order valence-corrected chi connectivity index (χ1v) is 16.7. The Hall–Kier alpha value is 0.310. The molecule has 196 valence electrons. The summed E-state index contributed by atoms with van der Waals surface area (Å²) in [7, 11) is 0. The fourth-order valence-corrected chi connectivity index (χ4v) is 7.99. The van der Waals surface area contributed by atoms with Gasteiger partial charge < -0.3 is 4.74 Å². The van der Waals surface area contributed by atoms with Crippen molar-refractivity contribution < 1.29 is 4.74 Å². The summed E-state index contributed by atoms with van der Waals surface area (Å²) in [6, 6.07) is 0. The molecule has 1 atom stereocenters. The van der Waals surface area contributed by atoms with Gasteiger partial charge in [-0.1, -0.05) is 96.8 Å². The number of rotatable bonds is 21. The molecule has 2 rings (SSSR count). The van der Waals surface area contributed by atoms with Crippen molar-refractivity contribution in [1.29, 1.82) is 0 Å². The minimum atomic E-state index is 0.599. The lowest BCUT2D eigenvalue weighted by Gasteiger charge is -2.31. The summed E-state index contributed by atoms with van der Waals surface area (Å²) in [6.45, 7) is 3.36. The molecule has 0 N–H and O–H groups in total. The first-order chi connectivity index (χ1) is 16.3. The summed E-state index contributed by atoms with van der Waals surface area (Å²) >= 11 is 1.83. The van der Waals surface area contributed by atoms with Crippen LogP contribution in [0.2, 0.25) is 0 Å². The summed E-state index contributed by atoms with van der Waals surface area (Å²) in [5.74, 6) is 1.49. The van der Waals surface area contributed by atoms with E-state index in [1.54, 1.807) is 0 Å². The summed E-state index contributed by atoms with van der Waals surface area (Å²) < 4.78 is 6.58. The monoisotopic (exact) mass is 481 g/mol. The molecule has 1 unspecified atom stereocenters. The van der Waals surface area contributed by atoms with Crippen LogP contribution in [-0.2, 0) is 16.5 Å². The molecule has 1 heterocycles. The predicted molar refractivity (Wildman–Crippen MR) is 152 cm³/mol. The molecule has 0 radical (unpaired) electrons. The molecule has 0 spiro atoms. The second-order valence-electron chi connectivity index (χ2n) is 11.5. The maximum Gasteiger partial charge on any atom is 0.125 e. The first-order valence-electron chi connectivity index (χ1n) is 15.6. The average Bonchev–Trinajstić information content (AvgIpc) is 2.85. The van der Waals surface area contributed by atoms with Crippen molar-refractivity contribution in [3.63, 3.8) is 0 Å². The molecule has 0 bridgehead atoms. The molecule has 2 aliphatic rings. The highest BCUT2D eigenvalue weighted by Gasteiger charge is 2.38. The van der Waals surface area contributed by atoms with Gasteiger partial charge in [-0.15, -0.1) is 0 Å². The zero-order valence-corrected chi connectivity index (χ0v) is 23.6. The predicted octanol–water partition coefficient (Wildman–Crippen LogP) is 10.1. The minimum Gasteiger partial charge on any atom is -0.378 e. The third-order valence-corrected chi connectivity index (χ3v) is 10.3. The van der Waals surface area contributed by atoms with E-state index in [1.165, 1.54) is 173 Å². The third-order valence-electron chi connectivity index (χ3n) is 8.44. The molecule has 1 nitrogen and oxygen atoms in total. The summed E-state index contributed by atoms with van der Waals surface area (Å²) in [5.41, 5.74) is 0. The molecule has 1 aliphatic carbocycles. The fraction of sp³-hybridized carbons (Fsp3) is 1.00. The Morgan fingerprint density at radius 1 is 0.636 bits per heavy atom. The molecular formula is C31H61OS+. The SMILES string of the molecule is CCCCCCC1([SH+]CCCCCCCCCCCCCCC2CCCCO2)CCCCC1. The van der Waals surface area contributed by atoms with E-state index in [2.05, 4.69) is 6.92 Å². The van der Waals surface area contributed by atoms with Gasteiger partial charge in [-0.25, -0.2) is 0 Å². The van der Waals surface area contributed by atoms with Gasteiger partial charge in [0.2, 0.25) is 0 Å². The van der Waals surface area contributed by atoms with Gasteiger partial charge in [0.1, 0.15) is 10.5 Å². The van der Waals surface area contributed by atoms with E-state index in [0.717, 1.165) is 11.4 Å². The van der Waals surface area contributed by atoms with E-state index < -0.39 is 0 Å². The topological polar surface area (TPSA) is 9.23 Å². The zero-order valence-electron chi connectivity index (χ0n) is 22.7. The molecule has 2 fully saturated rings. The lowest BCUT2D eigenvalue weighted by atomic mass is 9.84. The maximum absolute atomic E-state index is 5.84. The standard InChI is InChI=1S/C31H60OS/c1-2-3-4-18-25-31(26-19-15-20-27-31)33-29-22-14-12-10-8-6-5-7-9-11-13-16-23-30-24-17-21-28-32-30/h30H,2-29H2,1H3/p+1. The highest BCUT2D eigenvalue weighted by molar-refractivity contribution is 7.80. The Morgan fingerprint density at radius 2 is 1.24 bits per heavy atom. The molecular weight excluding hydrogens is 420 g/mol. The molecule has 0 aromatic carbocycles. The van der Waals surface area contributed by atoms with Crippen molar-refractivity contribution in [3.8, 4) is 0 Å². The van der Waals surface area contributed by atoms with Crippen LogP contribution in [0.3, 0.4) is 0 Å². The van der Waals surface area contributed by atoms with E-state index in [4.69, 9.17) is 4.74 Å². The maximum atomic E-state index is 5.84. The number of ether oxygens (including phenoxy) is 1. The van der Waals surface area contributed by atoms with E-state index in [0.29, 0.717) is 6.10 Å². The van der Waals surface area contributed by atoms with Crippen LogP contribution in [0.4, 0.5) is 0 Å². The normalized spacial score (nSPS) is 20.8. The highest BCUT2D eigenvalue weighted by Crippen LogP contribution is 2.37. The molecule has 0 amide bonds. The first kappa shape index (κ1) is 29.5. The second kappa shape index (κ2) is 20.5. The summed E-state index contributed by atoms with van der Waals surface area (Å²) in [4.78, 5) is 0. The lowest BCUT2D eigenvalue weighted by molar-refractivity contribution is 0.00977. The average molecular weight is 482 g/mol. The van der Waals surface area contributed by atoms with Gasteiger partial charge >= 0.3 is 0 Å². The smallest absolute Gasteiger partial charge is 0.125 e. The van der Waals surface area contributed by atoms with Gasteiger partial charge in [0.05, 0.1) is 6.10 Å². The van der Waals surface area contributed by atoms with Gasteiger partial charge in [-0.3, -0.25) is 0 Å². The number of unbranched alkanes of at least 4 members (excludes halogenated alkanes) is 14. The van der Waals surface area contributed by atoms with E-state index in [1.807, 2.05) is 11.8 Å². The summed E-state index contributed by atoms with van der Waals surface area (Å²) in [5, 5.41) is 0. The number of thiol groups is 1. The van der Waals surface area contributed by atoms with Gasteiger partial charge in [0.15, 0.2) is 0 Å². The van der Waals surface area contributed by atoms with E-state index >= 15 is 0 Å². The van der Waals surface area contributed by atoms with Gasteiger partial charge in [0.25, 0.3) is 0 Å². The molecule has 0 aromatic rings. The van der Waals surface area contributed by atoms with Gasteiger partial charge in [-0.2, -0.15) is 0 Å². The quantitative estimate of drug-likeness (QED) is 0.0899. The molecule has 1 saturated heterocycles. The minimum absolute atomic E-state index is 0.599. The van der Waals surface area contributed by atoms with Crippen molar-refractivity contribution in [2.24, 2.45) is 0 Å². The van der Waals surface area contributed by atoms with Crippen molar-refractivity contribution in [2.75, 3.05) is 12.4 Å². The molecule has 33 heavy (non-hydrogen) atoms. The largest absolute Gasteiger partial charge is 0.378 e. The lowest BCUT2D eigenvalue weighted by Crippen LogP contribution is -2.34. The molecule has 1 saturated carbocycles. The van der Waals surface area contributed by atoms with Crippen molar-refractivity contribution >= 4 is 11.8 Å². The third kappa shape index (κ3) is 15.1. The Bertz CT molecular complexity index is 411. The Labute approximate surface area is 213 Å². The zero-order chi connectivity index (χ0) is 23.3. The second-order valence-corrected chi connectivity index (χ2v) is 13.2. The molecule has 0 aromatic heterocycles. The van der Waals surface area contributed by atoms with Crippen molar-refractivity contribution in [1.82, 2.24) is 0 Å². The van der Waals surface area contributed by atoms with Crippen LogP contribution in [0.5, 0.6) is 0 Å². The summed E-state index contributed by atoms with van der Waals surface area (Å²) in [6.07, 6.45) is 38.4. The van der Waals surface area contributed by atoms with Gasteiger partial charge in [0, 0.05) is 6.61 Å². The highest BCUT2D eigenvalue weighted by atomic mass is 32.2.